The fourth-order valence-corrected chi connectivity index (χ4v) is 4.72. The van der Waals surface area contributed by atoms with Gasteiger partial charge in [0.1, 0.15) is 0 Å². The number of carboxylic acid groups (broad SMARTS) is 1. The van der Waals surface area contributed by atoms with Crippen molar-refractivity contribution in [1.29, 1.82) is 0 Å². The molecule has 1 aliphatic rings. The van der Waals surface area contributed by atoms with Crippen LogP contribution in [0.25, 0.3) is 22.5 Å². The average molecular weight is 478 g/mol. The number of benzene rings is 2. The highest BCUT2D eigenvalue weighted by Crippen LogP contribution is 2.35. The van der Waals surface area contributed by atoms with Crippen molar-refractivity contribution in [2.24, 2.45) is 0 Å². The van der Waals surface area contributed by atoms with E-state index < -0.39 is 5.97 Å². The molecular weight excluding hydrogens is 446 g/mol. The standard InChI is InChI=1S/C28H32ClN3O2/c1-19-8-10-21(11-9-19)27-28(22-12-14-23(29)15-13-22)31-26-20(2)32(18-16-24(26)30-27)17-6-4-3-5-7-25(33)34/h8-15,20H,3-7,16-18H2,1-2H3,(H,33,34). The molecule has 178 valence electrons. The summed E-state index contributed by atoms with van der Waals surface area (Å²) in [5, 5.41) is 9.50. The van der Waals surface area contributed by atoms with Crippen LogP contribution in [-0.4, -0.2) is 39.0 Å². The van der Waals surface area contributed by atoms with Crippen LogP contribution in [0.4, 0.5) is 0 Å². The van der Waals surface area contributed by atoms with Gasteiger partial charge in [0.2, 0.25) is 0 Å². The minimum absolute atomic E-state index is 0.188. The van der Waals surface area contributed by atoms with Gasteiger partial charge in [0.15, 0.2) is 0 Å². The van der Waals surface area contributed by atoms with Crippen molar-refractivity contribution in [1.82, 2.24) is 14.9 Å². The summed E-state index contributed by atoms with van der Waals surface area (Å²) in [6.07, 6.45) is 4.98. The van der Waals surface area contributed by atoms with E-state index in [0.717, 1.165) is 79.1 Å². The van der Waals surface area contributed by atoms with E-state index in [1.165, 1.54) is 5.56 Å². The number of aryl methyl sites for hydroxylation is 1. The molecule has 1 aliphatic heterocycles. The van der Waals surface area contributed by atoms with Crippen LogP contribution in [0, 0.1) is 6.92 Å². The van der Waals surface area contributed by atoms with Gasteiger partial charge in [0, 0.05) is 35.5 Å². The lowest BCUT2D eigenvalue weighted by Crippen LogP contribution is -2.36. The van der Waals surface area contributed by atoms with Crippen LogP contribution in [0.2, 0.25) is 5.02 Å². The molecule has 0 radical (unpaired) electrons. The van der Waals surface area contributed by atoms with Crippen LogP contribution in [0.3, 0.4) is 0 Å². The molecule has 1 atom stereocenters. The first kappa shape index (κ1) is 24.4. The number of carboxylic acids is 1. The second-order valence-electron chi connectivity index (χ2n) is 9.15. The van der Waals surface area contributed by atoms with E-state index in [1.54, 1.807) is 0 Å². The van der Waals surface area contributed by atoms with E-state index >= 15 is 0 Å². The summed E-state index contributed by atoms with van der Waals surface area (Å²) in [5.41, 5.74) is 7.24. The van der Waals surface area contributed by atoms with E-state index in [9.17, 15) is 4.79 Å². The smallest absolute Gasteiger partial charge is 0.303 e. The summed E-state index contributed by atoms with van der Waals surface area (Å²) in [4.78, 5) is 23.5. The summed E-state index contributed by atoms with van der Waals surface area (Å²) in [6, 6.07) is 16.5. The predicted molar refractivity (Wildman–Crippen MR) is 137 cm³/mol. The van der Waals surface area contributed by atoms with Crippen molar-refractivity contribution < 1.29 is 9.90 Å². The molecule has 1 aromatic heterocycles. The average Bonchev–Trinajstić information content (AvgIpc) is 2.83. The van der Waals surface area contributed by atoms with Crippen LogP contribution in [0.15, 0.2) is 48.5 Å². The Morgan fingerprint density at radius 1 is 0.971 bits per heavy atom. The summed E-state index contributed by atoms with van der Waals surface area (Å²) < 4.78 is 0. The fraction of sp³-hybridized carbons (Fsp3) is 0.393. The van der Waals surface area contributed by atoms with Gasteiger partial charge in [-0.1, -0.05) is 66.4 Å². The van der Waals surface area contributed by atoms with Gasteiger partial charge < -0.3 is 5.11 Å². The number of unbranched alkanes of at least 4 members (excludes halogenated alkanes) is 3. The van der Waals surface area contributed by atoms with Gasteiger partial charge in [0.05, 0.1) is 28.8 Å². The predicted octanol–water partition coefficient (Wildman–Crippen LogP) is 6.73. The molecule has 0 saturated heterocycles. The molecule has 6 heteroatoms. The molecule has 0 spiro atoms. The maximum Gasteiger partial charge on any atom is 0.303 e. The minimum atomic E-state index is -0.707. The Labute approximate surface area is 206 Å². The molecule has 2 heterocycles. The molecule has 2 aromatic carbocycles. The second-order valence-corrected chi connectivity index (χ2v) is 9.58. The van der Waals surface area contributed by atoms with E-state index in [4.69, 9.17) is 26.7 Å². The van der Waals surface area contributed by atoms with Crippen LogP contribution in [0.1, 0.15) is 62.0 Å². The van der Waals surface area contributed by atoms with Crippen molar-refractivity contribution in [2.45, 2.75) is 58.4 Å². The second kappa shape index (κ2) is 11.1. The fourth-order valence-electron chi connectivity index (χ4n) is 4.59. The first-order chi connectivity index (χ1) is 16.4. The molecule has 1 unspecified atom stereocenters. The largest absolute Gasteiger partial charge is 0.481 e. The number of aliphatic carboxylic acids is 1. The third-order valence-corrected chi connectivity index (χ3v) is 6.86. The van der Waals surface area contributed by atoms with E-state index in [0.29, 0.717) is 5.02 Å². The molecule has 4 rings (SSSR count). The third-order valence-electron chi connectivity index (χ3n) is 6.61. The highest BCUT2D eigenvalue weighted by atomic mass is 35.5. The monoisotopic (exact) mass is 477 g/mol. The van der Waals surface area contributed by atoms with E-state index in [1.807, 2.05) is 24.3 Å². The first-order valence-corrected chi connectivity index (χ1v) is 12.5. The van der Waals surface area contributed by atoms with Crippen molar-refractivity contribution in [3.63, 3.8) is 0 Å². The van der Waals surface area contributed by atoms with Gasteiger partial charge in [0.25, 0.3) is 0 Å². The number of aromatic nitrogens is 2. The molecule has 1 N–H and O–H groups in total. The van der Waals surface area contributed by atoms with Crippen molar-refractivity contribution in [3.8, 4) is 22.5 Å². The Balaban J connectivity index is 1.58. The highest BCUT2D eigenvalue weighted by molar-refractivity contribution is 6.30. The maximum absolute atomic E-state index is 10.7. The van der Waals surface area contributed by atoms with Crippen LogP contribution in [-0.2, 0) is 11.2 Å². The maximum atomic E-state index is 10.7. The molecule has 0 amide bonds. The van der Waals surface area contributed by atoms with Gasteiger partial charge in [-0.25, -0.2) is 9.97 Å². The molecule has 5 nitrogen and oxygen atoms in total. The zero-order chi connectivity index (χ0) is 24.1. The Morgan fingerprint density at radius 2 is 1.59 bits per heavy atom. The number of halogens is 1. The number of hydrogen-bond donors (Lipinski definition) is 1. The molecule has 0 aliphatic carbocycles. The molecular formula is C28H32ClN3O2. The number of hydrogen-bond acceptors (Lipinski definition) is 4. The Kier molecular flexibility index (Phi) is 7.96. The van der Waals surface area contributed by atoms with Gasteiger partial charge in [-0.2, -0.15) is 0 Å². The summed E-state index contributed by atoms with van der Waals surface area (Å²) >= 11 is 6.15. The topological polar surface area (TPSA) is 66.3 Å². The lowest BCUT2D eigenvalue weighted by Gasteiger charge is -2.34. The molecule has 0 fully saturated rings. The number of fused-ring (bicyclic) bond motifs is 1. The van der Waals surface area contributed by atoms with Gasteiger partial charge >= 0.3 is 5.97 Å². The summed E-state index contributed by atoms with van der Waals surface area (Å²) in [7, 11) is 0. The van der Waals surface area contributed by atoms with E-state index in [2.05, 4.69) is 43.0 Å². The lowest BCUT2D eigenvalue weighted by atomic mass is 9.98. The number of nitrogens with zero attached hydrogens (tertiary/aromatic N) is 3. The third kappa shape index (κ3) is 5.83. The number of carbonyl (C=O) groups is 1. The highest BCUT2D eigenvalue weighted by Gasteiger charge is 2.28. The summed E-state index contributed by atoms with van der Waals surface area (Å²) in [6.45, 7) is 6.26. The van der Waals surface area contributed by atoms with Crippen LogP contribution in [0.5, 0.6) is 0 Å². The Hall–Kier alpha value is -2.76. The lowest BCUT2D eigenvalue weighted by molar-refractivity contribution is -0.137. The molecule has 34 heavy (non-hydrogen) atoms. The van der Waals surface area contributed by atoms with E-state index in [-0.39, 0.29) is 12.5 Å². The van der Waals surface area contributed by atoms with Gasteiger partial charge in [-0.3, -0.25) is 9.69 Å². The van der Waals surface area contributed by atoms with Crippen molar-refractivity contribution in [3.05, 3.63) is 70.5 Å². The first-order valence-electron chi connectivity index (χ1n) is 12.1. The normalized spacial score (nSPS) is 15.8. The summed E-state index contributed by atoms with van der Waals surface area (Å²) in [5.74, 6) is -0.707. The SMILES string of the molecule is Cc1ccc(-c2nc3c(nc2-c2ccc(Cl)cc2)C(C)N(CCCCCCC(=O)O)CC3)cc1. The Bertz CT molecular complexity index is 1130. The van der Waals surface area contributed by atoms with Crippen molar-refractivity contribution >= 4 is 17.6 Å². The molecule has 3 aromatic rings. The van der Waals surface area contributed by atoms with Gasteiger partial charge in [-0.05, 0) is 45.4 Å². The Morgan fingerprint density at radius 3 is 2.26 bits per heavy atom. The quantitative estimate of drug-likeness (QED) is 0.346. The van der Waals surface area contributed by atoms with Crippen LogP contribution < -0.4 is 0 Å². The minimum Gasteiger partial charge on any atom is -0.481 e. The van der Waals surface area contributed by atoms with Crippen LogP contribution >= 0.6 is 11.6 Å². The molecule has 0 saturated carbocycles. The van der Waals surface area contributed by atoms with Crippen molar-refractivity contribution in [2.75, 3.05) is 13.1 Å². The number of rotatable bonds is 9. The van der Waals surface area contributed by atoms with Gasteiger partial charge in [-0.15, -0.1) is 0 Å². The zero-order valence-electron chi connectivity index (χ0n) is 19.9. The molecule has 0 bridgehead atoms. The zero-order valence-corrected chi connectivity index (χ0v) is 20.7.